The first-order valence-corrected chi connectivity index (χ1v) is 5.50. The molecule has 0 N–H and O–H groups in total. The average Bonchev–Trinajstić information content (AvgIpc) is 2.38. The number of carbonyl (C=O) groups is 1. The Hall–Kier alpha value is -1.94. The molecular weight excluding hydrogens is 257 g/mol. The Labute approximate surface area is 108 Å². The molecule has 0 fully saturated rings. The van der Waals surface area contributed by atoms with Crippen molar-refractivity contribution in [3.05, 3.63) is 52.9 Å². The van der Waals surface area contributed by atoms with Crippen LogP contribution in [0.2, 0.25) is 5.02 Å². The molecule has 1 aromatic carbocycles. The Bertz CT molecular complexity index is 584. The summed E-state index contributed by atoms with van der Waals surface area (Å²) in [4.78, 5) is 15.8. The van der Waals surface area contributed by atoms with Gasteiger partial charge in [-0.25, -0.2) is 9.18 Å². The van der Waals surface area contributed by atoms with Crippen molar-refractivity contribution >= 4 is 17.6 Å². The minimum Gasteiger partial charge on any atom is -0.465 e. The van der Waals surface area contributed by atoms with Gasteiger partial charge < -0.3 is 4.74 Å². The molecule has 0 radical (unpaired) electrons. The molecule has 0 amide bonds. The van der Waals surface area contributed by atoms with E-state index >= 15 is 0 Å². The number of hydrogen-bond acceptors (Lipinski definition) is 3. The van der Waals surface area contributed by atoms with E-state index in [1.165, 1.54) is 43.6 Å². The second kappa shape index (κ2) is 5.14. The Morgan fingerprint density at radius 3 is 2.56 bits per heavy atom. The molecule has 0 saturated carbocycles. The fourth-order valence-electron chi connectivity index (χ4n) is 1.56. The molecule has 0 unspecified atom stereocenters. The van der Waals surface area contributed by atoms with Gasteiger partial charge in [0.05, 0.1) is 17.8 Å². The van der Waals surface area contributed by atoms with Crippen LogP contribution in [0, 0.1) is 5.82 Å². The lowest BCUT2D eigenvalue weighted by molar-refractivity contribution is 0.0601. The van der Waals surface area contributed by atoms with Crippen LogP contribution in [0.3, 0.4) is 0 Å². The normalized spacial score (nSPS) is 10.2. The fraction of sp³-hybridized carbons (Fsp3) is 0.0769. The van der Waals surface area contributed by atoms with Gasteiger partial charge in [-0.05, 0) is 30.3 Å². The topological polar surface area (TPSA) is 39.2 Å². The SMILES string of the molecule is COC(=O)c1c(Cl)ccnc1-c1ccc(F)cc1. The third-order valence-corrected chi connectivity index (χ3v) is 2.72. The van der Waals surface area contributed by atoms with Crippen LogP contribution in [-0.2, 0) is 4.74 Å². The van der Waals surface area contributed by atoms with E-state index in [0.717, 1.165) is 0 Å². The summed E-state index contributed by atoms with van der Waals surface area (Å²) < 4.78 is 17.5. The summed E-state index contributed by atoms with van der Waals surface area (Å²) in [6.07, 6.45) is 1.48. The van der Waals surface area contributed by atoms with Crippen molar-refractivity contribution in [3.8, 4) is 11.3 Å². The van der Waals surface area contributed by atoms with Gasteiger partial charge in [0, 0.05) is 11.8 Å². The molecule has 0 spiro atoms. The van der Waals surface area contributed by atoms with Gasteiger partial charge in [-0.15, -0.1) is 0 Å². The standard InChI is InChI=1S/C13H9ClFNO2/c1-18-13(17)11-10(14)6-7-16-12(11)8-2-4-9(15)5-3-8/h2-7H,1H3. The van der Waals surface area contributed by atoms with Gasteiger partial charge in [0.15, 0.2) is 0 Å². The number of pyridine rings is 1. The van der Waals surface area contributed by atoms with Crippen LogP contribution >= 0.6 is 11.6 Å². The molecule has 0 bridgehead atoms. The molecule has 92 valence electrons. The number of hydrogen-bond donors (Lipinski definition) is 0. The largest absolute Gasteiger partial charge is 0.465 e. The lowest BCUT2D eigenvalue weighted by Crippen LogP contribution is -2.06. The molecule has 0 saturated heterocycles. The maximum atomic E-state index is 12.9. The Morgan fingerprint density at radius 2 is 1.94 bits per heavy atom. The molecule has 1 heterocycles. The van der Waals surface area contributed by atoms with E-state index in [1.54, 1.807) is 0 Å². The Morgan fingerprint density at radius 1 is 1.28 bits per heavy atom. The summed E-state index contributed by atoms with van der Waals surface area (Å²) in [6, 6.07) is 7.14. The zero-order valence-electron chi connectivity index (χ0n) is 9.48. The predicted molar refractivity (Wildman–Crippen MR) is 66.0 cm³/mol. The van der Waals surface area contributed by atoms with Crippen LogP contribution in [0.15, 0.2) is 36.5 Å². The molecule has 3 nitrogen and oxygen atoms in total. The van der Waals surface area contributed by atoms with Crippen molar-refractivity contribution in [2.75, 3.05) is 7.11 Å². The number of aromatic nitrogens is 1. The van der Waals surface area contributed by atoms with E-state index < -0.39 is 5.97 Å². The molecule has 5 heteroatoms. The maximum absolute atomic E-state index is 12.9. The summed E-state index contributed by atoms with van der Waals surface area (Å²) in [6.45, 7) is 0. The van der Waals surface area contributed by atoms with Crippen LogP contribution in [0.25, 0.3) is 11.3 Å². The summed E-state index contributed by atoms with van der Waals surface area (Å²) >= 11 is 5.97. The predicted octanol–water partition coefficient (Wildman–Crippen LogP) is 3.33. The van der Waals surface area contributed by atoms with Gasteiger partial charge >= 0.3 is 5.97 Å². The van der Waals surface area contributed by atoms with Crippen LogP contribution in [0.4, 0.5) is 4.39 Å². The number of benzene rings is 1. The van der Waals surface area contributed by atoms with Crippen molar-refractivity contribution in [1.29, 1.82) is 0 Å². The van der Waals surface area contributed by atoms with Gasteiger partial charge in [-0.2, -0.15) is 0 Å². The molecule has 0 aliphatic carbocycles. The lowest BCUT2D eigenvalue weighted by atomic mass is 10.1. The molecule has 0 aliphatic rings. The second-order valence-electron chi connectivity index (χ2n) is 3.51. The minimum atomic E-state index is -0.576. The smallest absolute Gasteiger partial charge is 0.341 e. The molecule has 2 rings (SSSR count). The average molecular weight is 266 g/mol. The lowest BCUT2D eigenvalue weighted by Gasteiger charge is -2.08. The van der Waals surface area contributed by atoms with E-state index in [0.29, 0.717) is 11.3 Å². The van der Waals surface area contributed by atoms with Crippen LogP contribution in [-0.4, -0.2) is 18.1 Å². The second-order valence-corrected chi connectivity index (χ2v) is 3.92. The van der Waals surface area contributed by atoms with Gasteiger partial charge in [-0.1, -0.05) is 11.6 Å². The molecule has 2 aromatic rings. The number of esters is 1. The van der Waals surface area contributed by atoms with Crippen molar-refractivity contribution in [1.82, 2.24) is 4.98 Å². The summed E-state index contributed by atoms with van der Waals surface area (Å²) in [5, 5.41) is 0.246. The number of methoxy groups -OCH3 is 1. The van der Waals surface area contributed by atoms with Crippen molar-refractivity contribution in [3.63, 3.8) is 0 Å². The molecule has 0 aliphatic heterocycles. The van der Waals surface area contributed by atoms with Crippen molar-refractivity contribution in [2.45, 2.75) is 0 Å². The highest BCUT2D eigenvalue weighted by atomic mass is 35.5. The molecule has 0 atom stereocenters. The first-order valence-electron chi connectivity index (χ1n) is 5.12. The monoisotopic (exact) mass is 265 g/mol. The third kappa shape index (κ3) is 2.33. The van der Waals surface area contributed by atoms with Crippen LogP contribution < -0.4 is 0 Å². The van der Waals surface area contributed by atoms with E-state index in [2.05, 4.69) is 9.72 Å². The van der Waals surface area contributed by atoms with E-state index in [1.807, 2.05) is 0 Å². The van der Waals surface area contributed by atoms with Crippen molar-refractivity contribution < 1.29 is 13.9 Å². The summed E-state index contributed by atoms with van der Waals surface area (Å²) in [5.74, 6) is -0.937. The number of rotatable bonds is 2. The summed E-state index contributed by atoms with van der Waals surface area (Å²) in [7, 11) is 1.26. The zero-order valence-corrected chi connectivity index (χ0v) is 10.2. The number of halogens is 2. The third-order valence-electron chi connectivity index (χ3n) is 2.41. The highest BCUT2D eigenvalue weighted by molar-refractivity contribution is 6.34. The number of carbonyl (C=O) groups excluding carboxylic acids is 1. The van der Waals surface area contributed by atoms with E-state index in [4.69, 9.17) is 11.6 Å². The van der Waals surface area contributed by atoms with Gasteiger partial charge in [0.1, 0.15) is 11.4 Å². The van der Waals surface area contributed by atoms with Gasteiger partial charge in [-0.3, -0.25) is 4.98 Å². The fourth-order valence-corrected chi connectivity index (χ4v) is 1.78. The molecule has 18 heavy (non-hydrogen) atoms. The Balaban J connectivity index is 2.60. The number of nitrogens with zero attached hydrogens (tertiary/aromatic N) is 1. The number of ether oxygens (including phenoxy) is 1. The van der Waals surface area contributed by atoms with Crippen LogP contribution in [0.1, 0.15) is 10.4 Å². The van der Waals surface area contributed by atoms with E-state index in [9.17, 15) is 9.18 Å². The molecule has 1 aromatic heterocycles. The quantitative estimate of drug-likeness (QED) is 0.782. The highest BCUT2D eigenvalue weighted by Crippen LogP contribution is 2.27. The van der Waals surface area contributed by atoms with Crippen molar-refractivity contribution in [2.24, 2.45) is 0 Å². The first-order chi connectivity index (χ1) is 8.63. The van der Waals surface area contributed by atoms with Crippen LogP contribution in [0.5, 0.6) is 0 Å². The highest BCUT2D eigenvalue weighted by Gasteiger charge is 2.18. The maximum Gasteiger partial charge on any atom is 0.341 e. The zero-order chi connectivity index (χ0) is 13.1. The summed E-state index contributed by atoms with van der Waals surface area (Å²) in [5.41, 5.74) is 1.14. The Kier molecular flexibility index (Phi) is 3.58. The van der Waals surface area contributed by atoms with E-state index in [-0.39, 0.29) is 16.4 Å². The molecular formula is C13H9ClFNO2. The van der Waals surface area contributed by atoms with Gasteiger partial charge in [0.25, 0.3) is 0 Å². The van der Waals surface area contributed by atoms with Gasteiger partial charge in [0.2, 0.25) is 0 Å². The minimum absolute atomic E-state index is 0.174. The first kappa shape index (κ1) is 12.5.